The van der Waals surface area contributed by atoms with E-state index in [4.69, 9.17) is 0 Å². The summed E-state index contributed by atoms with van der Waals surface area (Å²) in [7, 11) is 0. The number of piperidine rings is 1. The molecule has 0 spiro atoms. The lowest BCUT2D eigenvalue weighted by molar-refractivity contribution is -0.132. The van der Waals surface area contributed by atoms with Gasteiger partial charge in [0.05, 0.1) is 5.41 Å². The topological polar surface area (TPSA) is 44.4 Å². The number of carbonyl (C=O) groups is 1. The highest BCUT2D eigenvalue weighted by Gasteiger charge is 2.38. The van der Waals surface area contributed by atoms with Crippen LogP contribution in [0.1, 0.15) is 51.9 Å². The molecule has 4 heteroatoms. The lowest BCUT2D eigenvalue weighted by Gasteiger charge is -2.36. The highest BCUT2D eigenvalue weighted by atomic mass is 16.2. The van der Waals surface area contributed by atoms with Crippen LogP contribution in [0.4, 0.5) is 0 Å². The van der Waals surface area contributed by atoms with Gasteiger partial charge in [-0.2, -0.15) is 0 Å². The van der Waals surface area contributed by atoms with Crippen LogP contribution in [-0.2, 0) is 4.79 Å². The Labute approximate surface area is 123 Å². The summed E-state index contributed by atoms with van der Waals surface area (Å²) in [5, 5.41) is 6.60. The minimum atomic E-state index is -0.138. The summed E-state index contributed by atoms with van der Waals surface area (Å²) in [6, 6.07) is 0. The number of rotatable bonds is 7. The first-order valence-electron chi connectivity index (χ1n) is 8.48. The number of amides is 1. The van der Waals surface area contributed by atoms with Crippen molar-refractivity contribution >= 4 is 5.91 Å². The van der Waals surface area contributed by atoms with Gasteiger partial charge in [0.2, 0.25) is 5.91 Å². The third-order valence-electron chi connectivity index (χ3n) is 4.82. The van der Waals surface area contributed by atoms with Gasteiger partial charge in [-0.1, -0.05) is 13.3 Å². The van der Waals surface area contributed by atoms with Gasteiger partial charge in [-0.15, -0.1) is 0 Å². The molecule has 0 saturated carbocycles. The first kappa shape index (κ1) is 15.8. The zero-order valence-corrected chi connectivity index (χ0v) is 13.0. The summed E-state index contributed by atoms with van der Waals surface area (Å²) in [4.78, 5) is 15.1. The molecule has 1 amide bonds. The molecule has 0 radical (unpaired) electrons. The zero-order valence-electron chi connectivity index (χ0n) is 13.0. The van der Waals surface area contributed by atoms with E-state index in [1.165, 1.54) is 25.9 Å². The fraction of sp³-hybridized carbons (Fsp3) is 0.938. The fourth-order valence-corrected chi connectivity index (χ4v) is 3.67. The molecule has 1 atom stereocenters. The van der Waals surface area contributed by atoms with Crippen LogP contribution in [0, 0.1) is 5.41 Å². The van der Waals surface area contributed by atoms with E-state index in [1.54, 1.807) is 0 Å². The first-order chi connectivity index (χ1) is 9.77. The maximum Gasteiger partial charge on any atom is 0.227 e. The molecule has 0 aromatic heterocycles. The second-order valence-corrected chi connectivity index (χ2v) is 6.47. The van der Waals surface area contributed by atoms with Crippen molar-refractivity contribution in [2.75, 3.05) is 39.3 Å². The van der Waals surface area contributed by atoms with Crippen LogP contribution in [0.3, 0.4) is 0 Å². The second kappa shape index (κ2) is 7.99. The van der Waals surface area contributed by atoms with E-state index in [-0.39, 0.29) is 11.3 Å². The number of nitrogens with zero attached hydrogens (tertiary/aromatic N) is 1. The predicted octanol–water partition coefficient (Wildman–Crippen LogP) is 1.76. The molecule has 0 aliphatic carbocycles. The van der Waals surface area contributed by atoms with Gasteiger partial charge in [0.15, 0.2) is 0 Å². The molecule has 2 aliphatic heterocycles. The summed E-state index contributed by atoms with van der Waals surface area (Å²) in [6.07, 6.45) is 8.05. The quantitative estimate of drug-likeness (QED) is 0.699. The molecule has 4 nitrogen and oxygen atoms in total. The molecule has 116 valence electrons. The van der Waals surface area contributed by atoms with E-state index in [1.807, 2.05) is 0 Å². The van der Waals surface area contributed by atoms with Crippen LogP contribution >= 0.6 is 0 Å². The first-order valence-corrected chi connectivity index (χ1v) is 8.48. The highest BCUT2D eigenvalue weighted by Crippen LogP contribution is 2.31. The number of nitrogens with one attached hydrogen (secondary N) is 2. The molecule has 0 bridgehead atoms. The van der Waals surface area contributed by atoms with Crippen LogP contribution in [0.15, 0.2) is 0 Å². The normalized spacial score (nSPS) is 27.6. The number of carbonyl (C=O) groups excluding carboxylic acids is 1. The van der Waals surface area contributed by atoms with Gasteiger partial charge in [-0.05, 0) is 64.7 Å². The van der Waals surface area contributed by atoms with Crippen LogP contribution < -0.4 is 10.6 Å². The molecular formula is C16H31N3O. The second-order valence-electron chi connectivity index (χ2n) is 6.47. The van der Waals surface area contributed by atoms with Crippen molar-refractivity contribution in [3.8, 4) is 0 Å². The molecule has 2 N–H and O–H groups in total. The zero-order chi connectivity index (χ0) is 14.3. The fourth-order valence-electron chi connectivity index (χ4n) is 3.67. The van der Waals surface area contributed by atoms with Gasteiger partial charge in [0.1, 0.15) is 0 Å². The average Bonchev–Trinajstić information content (AvgIpc) is 2.98. The van der Waals surface area contributed by atoms with Crippen molar-refractivity contribution in [3.05, 3.63) is 0 Å². The summed E-state index contributed by atoms with van der Waals surface area (Å²) < 4.78 is 0. The van der Waals surface area contributed by atoms with Crippen molar-refractivity contribution in [2.24, 2.45) is 5.41 Å². The van der Waals surface area contributed by atoms with E-state index in [9.17, 15) is 4.79 Å². The minimum absolute atomic E-state index is 0.138. The summed E-state index contributed by atoms with van der Waals surface area (Å²) in [6.45, 7) is 8.57. The van der Waals surface area contributed by atoms with Crippen LogP contribution in [-0.4, -0.2) is 50.1 Å². The van der Waals surface area contributed by atoms with E-state index in [0.29, 0.717) is 0 Å². The maximum atomic E-state index is 12.5. The van der Waals surface area contributed by atoms with Crippen molar-refractivity contribution in [1.82, 2.24) is 15.5 Å². The number of likely N-dealkylation sites (tertiary alicyclic amines) is 1. The monoisotopic (exact) mass is 281 g/mol. The van der Waals surface area contributed by atoms with Gasteiger partial charge in [-0.3, -0.25) is 4.79 Å². The van der Waals surface area contributed by atoms with E-state index in [0.717, 1.165) is 58.3 Å². The summed E-state index contributed by atoms with van der Waals surface area (Å²) in [5.74, 6) is 0.285. The lowest BCUT2D eigenvalue weighted by Crippen LogP contribution is -2.50. The minimum Gasteiger partial charge on any atom is -0.356 e. The Hall–Kier alpha value is -0.610. The molecule has 20 heavy (non-hydrogen) atoms. The Kier molecular flexibility index (Phi) is 6.30. The smallest absolute Gasteiger partial charge is 0.227 e. The van der Waals surface area contributed by atoms with Crippen LogP contribution in [0.5, 0.6) is 0 Å². The lowest BCUT2D eigenvalue weighted by atomic mass is 9.76. The molecule has 2 saturated heterocycles. The molecule has 2 aliphatic rings. The third kappa shape index (κ3) is 4.19. The summed E-state index contributed by atoms with van der Waals surface area (Å²) in [5.41, 5.74) is -0.138. The van der Waals surface area contributed by atoms with Crippen LogP contribution in [0.2, 0.25) is 0 Å². The highest BCUT2D eigenvalue weighted by molar-refractivity contribution is 5.83. The largest absolute Gasteiger partial charge is 0.356 e. The molecule has 2 fully saturated rings. The van der Waals surface area contributed by atoms with Crippen molar-refractivity contribution in [3.63, 3.8) is 0 Å². The van der Waals surface area contributed by atoms with Crippen LogP contribution in [0.25, 0.3) is 0 Å². The van der Waals surface area contributed by atoms with E-state index < -0.39 is 0 Å². The Morgan fingerprint density at radius 3 is 2.75 bits per heavy atom. The predicted molar refractivity (Wildman–Crippen MR) is 82.7 cm³/mol. The number of hydrogen-bond donors (Lipinski definition) is 2. The van der Waals surface area contributed by atoms with Gasteiger partial charge < -0.3 is 15.5 Å². The number of hydrogen-bond acceptors (Lipinski definition) is 3. The average molecular weight is 281 g/mol. The maximum absolute atomic E-state index is 12.5. The van der Waals surface area contributed by atoms with Crippen molar-refractivity contribution in [1.29, 1.82) is 0 Å². The Bertz CT molecular complexity index is 289. The SMILES string of the molecule is CCCC1(C(=O)NCCCN2CCCC2)CCCNC1. The molecule has 2 rings (SSSR count). The van der Waals surface area contributed by atoms with Gasteiger partial charge in [-0.25, -0.2) is 0 Å². The summed E-state index contributed by atoms with van der Waals surface area (Å²) >= 11 is 0. The molecular weight excluding hydrogens is 250 g/mol. The Morgan fingerprint density at radius 1 is 1.30 bits per heavy atom. The third-order valence-corrected chi connectivity index (χ3v) is 4.82. The molecule has 1 unspecified atom stereocenters. The van der Waals surface area contributed by atoms with Gasteiger partial charge >= 0.3 is 0 Å². The van der Waals surface area contributed by atoms with E-state index in [2.05, 4.69) is 22.5 Å². The standard InChI is InChI=1S/C16H31N3O/c1-2-7-16(8-5-9-17-14-16)15(20)18-10-6-13-19-11-3-4-12-19/h17H,2-14H2,1H3,(H,18,20). The van der Waals surface area contributed by atoms with Crippen molar-refractivity contribution in [2.45, 2.75) is 51.9 Å². The van der Waals surface area contributed by atoms with E-state index >= 15 is 0 Å². The van der Waals surface area contributed by atoms with Gasteiger partial charge in [0, 0.05) is 13.1 Å². The van der Waals surface area contributed by atoms with Gasteiger partial charge in [0.25, 0.3) is 0 Å². The Balaban J connectivity index is 1.70. The van der Waals surface area contributed by atoms with Crippen molar-refractivity contribution < 1.29 is 4.79 Å². The molecule has 0 aromatic carbocycles. The Morgan fingerprint density at radius 2 is 2.10 bits per heavy atom. The molecule has 2 heterocycles. The molecule has 0 aromatic rings.